The molecule has 0 heterocycles. The van der Waals surface area contributed by atoms with Gasteiger partial charge in [0.1, 0.15) is 0 Å². The Kier molecular flexibility index (Phi) is 5.51. The molecule has 2 heteroatoms. The summed E-state index contributed by atoms with van der Waals surface area (Å²) >= 11 is 0. The van der Waals surface area contributed by atoms with Crippen molar-refractivity contribution in [3.63, 3.8) is 0 Å². The highest BCUT2D eigenvalue weighted by Gasteiger charge is 2.27. The zero-order valence-electron chi connectivity index (χ0n) is 9.11. The number of rotatable bonds is 6. The number of ether oxygens (including phenoxy) is 1. The van der Waals surface area contributed by atoms with Gasteiger partial charge in [-0.3, -0.25) is 0 Å². The van der Waals surface area contributed by atoms with E-state index in [9.17, 15) is 0 Å². The lowest BCUT2D eigenvalue weighted by atomic mass is 9.80. The van der Waals surface area contributed by atoms with Gasteiger partial charge in [-0.25, -0.2) is 0 Å². The summed E-state index contributed by atoms with van der Waals surface area (Å²) < 4.78 is 5.23. The molecule has 0 radical (unpaired) electrons. The molecule has 1 N–H and O–H groups in total. The van der Waals surface area contributed by atoms with E-state index in [1.807, 2.05) is 0 Å². The van der Waals surface area contributed by atoms with Crippen LogP contribution in [-0.4, -0.2) is 26.8 Å². The van der Waals surface area contributed by atoms with Gasteiger partial charge < -0.3 is 10.1 Å². The van der Waals surface area contributed by atoms with Gasteiger partial charge in [-0.1, -0.05) is 27.7 Å². The van der Waals surface area contributed by atoms with Gasteiger partial charge in [0.2, 0.25) is 0 Å². The molecule has 0 amide bonds. The Morgan fingerprint density at radius 2 is 2.00 bits per heavy atom. The highest BCUT2D eigenvalue weighted by Crippen LogP contribution is 2.26. The Morgan fingerprint density at radius 1 is 1.42 bits per heavy atom. The molecule has 0 rings (SSSR count). The molecule has 0 bridgehead atoms. The predicted molar refractivity (Wildman–Crippen MR) is 53.4 cm³/mol. The Balaban J connectivity index is 3.99. The van der Waals surface area contributed by atoms with E-state index in [0.29, 0.717) is 5.92 Å². The fourth-order valence-electron chi connectivity index (χ4n) is 1.16. The van der Waals surface area contributed by atoms with Crippen molar-refractivity contribution >= 4 is 0 Å². The molecule has 0 saturated heterocycles. The molecule has 0 aliphatic rings. The molecule has 1 unspecified atom stereocenters. The van der Waals surface area contributed by atoms with Gasteiger partial charge in [0.25, 0.3) is 0 Å². The normalized spacial score (nSPS) is 16.5. The maximum absolute atomic E-state index is 5.23. The molecule has 74 valence electrons. The Morgan fingerprint density at radius 3 is 2.33 bits per heavy atom. The standard InChI is InChI=1S/C10H23NO/c1-6-11-7-10(4,8-12-5)9(2)3/h9,11H,6-8H2,1-5H3. The molecular formula is C10H23NO. The molecule has 0 spiro atoms. The molecule has 12 heavy (non-hydrogen) atoms. The molecular weight excluding hydrogens is 150 g/mol. The summed E-state index contributed by atoms with van der Waals surface area (Å²) in [6.45, 7) is 11.8. The van der Waals surface area contributed by atoms with Crippen molar-refractivity contribution in [2.45, 2.75) is 27.7 Å². The molecule has 0 aromatic carbocycles. The number of methoxy groups -OCH3 is 1. The van der Waals surface area contributed by atoms with Crippen molar-refractivity contribution in [3.05, 3.63) is 0 Å². The van der Waals surface area contributed by atoms with Crippen LogP contribution in [0.15, 0.2) is 0 Å². The van der Waals surface area contributed by atoms with Crippen molar-refractivity contribution in [2.24, 2.45) is 11.3 Å². The van der Waals surface area contributed by atoms with Crippen LogP contribution < -0.4 is 5.32 Å². The highest BCUT2D eigenvalue weighted by atomic mass is 16.5. The second-order valence-corrected chi connectivity index (χ2v) is 4.02. The predicted octanol–water partition coefficient (Wildman–Crippen LogP) is 1.90. The Bertz CT molecular complexity index is 114. The summed E-state index contributed by atoms with van der Waals surface area (Å²) in [4.78, 5) is 0. The molecule has 0 saturated carbocycles. The maximum atomic E-state index is 5.23. The quantitative estimate of drug-likeness (QED) is 0.662. The van der Waals surface area contributed by atoms with Crippen LogP contribution in [-0.2, 0) is 4.74 Å². The van der Waals surface area contributed by atoms with Gasteiger partial charge in [0.15, 0.2) is 0 Å². The van der Waals surface area contributed by atoms with Gasteiger partial charge in [-0.05, 0) is 12.5 Å². The first-order valence-electron chi connectivity index (χ1n) is 4.76. The van der Waals surface area contributed by atoms with E-state index in [2.05, 4.69) is 33.0 Å². The molecule has 1 atom stereocenters. The topological polar surface area (TPSA) is 21.3 Å². The number of hydrogen-bond acceptors (Lipinski definition) is 2. The molecule has 0 fully saturated rings. The first kappa shape index (κ1) is 11.9. The summed E-state index contributed by atoms with van der Waals surface area (Å²) in [5.41, 5.74) is 0.269. The lowest BCUT2D eigenvalue weighted by Crippen LogP contribution is -2.39. The average Bonchev–Trinajstić information content (AvgIpc) is 2.01. The van der Waals surface area contributed by atoms with Crippen LogP contribution in [0, 0.1) is 11.3 Å². The lowest BCUT2D eigenvalue weighted by Gasteiger charge is -2.33. The van der Waals surface area contributed by atoms with E-state index in [4.69, 9.17) is 4.74 Å². The second kappa shape index (κ2) is 5.55. The minimum Gasteiger partial charge on any atom is -0.384 e. The monoisotopic (exact) mass is 173 g/mol. The fraction of sp³-hybridized carbons (Fsp3) is 1.00. The molecule has 0 aromatic heterocycles. The first-order chi connectivity index (χ1) is 5.56. The average molecular weight is 173 g/mol. The third-order valence-corrected chi connectivity index (χ3v) is 2.65. The third kappa shape index (κ3) is 3.55. The van der Waals surface area contributed by atoms with Gasteiger partial charge in [0, 0.05) is 19.1 Å². The third-order valence-electron chi connectivity index (χ3n) is 2.65. The van der Waals surface area contributed by atoms with Crippen molar-refractivity contribution in [2.75, 3.05) is 26.8 Å². The summed E-state index contributed by atoms with van der Waals surface area (Å²) in [7, 11) is 1.77. The summed E-state index contributed by atoms with van der Waals surface area (Å²) in [6.07, 6.45) is 0. The van der Waals surface area contributed by atoms with Crippen LogP contribution in [0.1, 0.15) is 27.7 Å². The first-order valence-corrected chi connectivity index (χ1v) is 4.76. The molecule has 0 aliphatic carbocycles. The minimum atomic E-state index is 0.269. The van der Waals surface area contributed by atoms with Crippen LogP contribution in [0.2, 0.25) is 0 Å². The fourth-order valence-corrected chi connectivity index (χ4v) is 1.16. The minimum absolute atomic E-state index is 0.269. The smallest absolute Gasteiger partial charge is 0.0530 e. The number of hydrogen-bond donors (Lipinski definition) is 1. The number of nitrogens with one attached hydrogen (secondary N) is 1. The van der Waals surface area contributed by atoms with Crippen LogP contribution in [0.5, 0.6) is 0 Å². The van der Waals surface area contributed by atoms with Crippen LogP contribution in [0.25, 0.3) is 0 Å². The van der Waals surface area contributed by atoms with Crippen molar-refractivity contribution in [1.82, 2.24) is 5.32 Å². The van der Waals surface area contributed by atoms with Crippen molar-refractivity contribution in [1.29, 1.82) is 0 Å². The van der Waals surface area contributed by atoms with E-state index in [0.717, 1.165) is 19.7 Å². The Hall–Kier alpha value is -0.0800. The SMILES string of the molecule is CCNCC(C)(COC)C(C)C. The van der Waals surface area contributed by atoms with Crippen LogP contribution in [0.3, 0.4) is 0 Å². The van der Waals surface area contributed by atoms with E-state index in [-0.39, 0.29) is 5.41 Å². The Labute approximate surface area is 76.7 Å². The lowest BCUT2D eigenvalue weighted by molar-refractivity contribution is 0.0575. The van der Waals surface area contributed by atoms with Crippen LogP contribution >= 0.6 is 0 Å². The van der Waals surface area contributed by atoms with E-state index < -0.39 is 0 Å². The van der Waals surface area contributed by atoms with Gasteiger partial charge in [-0.2, -0.15) is 0 Å². The summed E-state index contributed by atoms with van der Waals surface area (Å²) in [5.74, 6) is 0.650. The molecule has 0 aliphatic heterocycles. The second-order valence-electron chi connectivity index (χ2n) is 4.02. The van der Waals surface area contributed by atoms with Gasteiger partial charge >= 0.3 is 0 Å². The van der Waals surface area contributed by atoms with Crippen molar-refractivity contribution in [3.8, 4) is 0 Å². The molecule has 0 aromatic rings. The van der Waals surface area contributed by atoms with Gasteiger partial charge in [0.05, 0.1) is 6.61 Å². The van der Waals surface area contributed by atoms with E-state index in [1.165, 1.54) is 0 Å². The van der Waals surface area contributed by atoms with E-state index in [1.54, 1.807) is 7.11 Å². The highest BCUT2D eigenvalue weighted by molar-refractivity contribution is 4.79. The summed E-state index contributed by atoms with van der Waals surface area (Å²) in [6, 6.07) is 0. The van der Waals surface area contributed by atoms with Crippen molar-refractivity contribution < 1.29 is 4.74 Å². The zero-order chi connectivity index (χ0) is 9.61. The maximum Gasteiger partial charge on any atom is 0.0530 e. The largest absolute Gasteiger partial charge is 0.384 e. The zero-order valence-corrected chi connectivity index (χ0v) is 9.11. The van der Waals surface area contributed by atoms with Crippen LogP contribution in [0.4, 0.5) is 0 Å². The molecule has 2 nitrogen and oxygen atoms in total. The van der Waals surface area contributed by atoms with Gasteiger partial charge in [-0.15, -0.1) is 0 Å². The summed E-state index contributed by atoms with van der Waals surface area (Å²) in [5, 5.41) is 3.38. The van der Waals surface area contributed by atoms with E-state index >= 15 is 0 Å².